The molecule has 0 saturated carbocycles. The number of fused-ring (bicyclic) bond motifs is 5. The SMILES string of the molecule is c1ccc2c(c1)C[C@@H]1c3ccccc3N[C@H]21. The largest absolute Gasteiger partial charge is 0.377 e. The minimum atomic E-state index is 0.508. The highest BCUT2D eigenvalue weighted by Crippen LogP contribution is 2.50. The highest BCUT2D eigenvalue weighted by Gasteiger charge is 2.38. The van der Waals surface area contributed by atoms with Gasteiger partial charge in [0.1, 0.15) is 0 Å². The van der Waals surface area contributed by atoms with Gasteiger partial charge in [0.15, 0.2) is 0 Å². The fourth-order valence-electron chi connectivity index (χ4n) is 3.18. The Bertz CT molecular complexity index is 507. The van der Waals surface area contributed by atoms with E-state index in [4.69, 9.17) is 0 Å². The van der Waals surface area contributed by atoms with Crippen LogP contribution in [0.5, 0.6) is 0 Å². The molecular weight excluding hydrogens is 194 g/mol. The minimum absolute atomic E-state index is 0.508. The molecule has 0 saturated heterocycles. The van der Waals surface area contributed by atoms with E-state index in [1.165, 1.54) is 28.8 Å². The molecule has 2 aromatic carbocycles. The van der Waals surface area contributed by atoms with Crippen LogP contribution in [0.4, 0.5) is 5.69 Å². The average molecular weight is 207 g/mol. The Kier molecular flexibility index (Phi) is 1.51. The van der Waals surface area contributed by atoms with Gasteiger partial charge in [0.05, 0.1) is 6.04 Å². The van der Waals surface area contributed by atoms with Gasteiger partial charge in [-0.3, -0.25) is 0 Å². The van der Waals surface area contributed by atoms with Gasteiger partial charge >= 0.3 is 0 Å². The number of hydrogen-bond acceptors (Lipinski definition) is 1. The number of anilines is 1. The van der Waals surface area contributed by atoms with E-state index in [0.29, 0.717) is 12.0 Å². The molecule has 0 unspecified atom stereocenters. The van der Waals surface area contributed by atoms with Crippen LogP contribution in [0, 0.1) is 0 Å². The maximum atomic E-state index is 3.65. The summed E-state index contributed by atoms with van der Waals surface area (Å²) in [6, 6.07) is 18.0. The molecule has 0 fully saturated rings. The van der Waals surface area contributed by atoms with Gasteiger partial charge in [-0.2, -0.15) is 0 Å². The molecule has 0 amide bonds. The molecule has 0 bridgehead atoms. The van der Waals surface area contributed by atoms with Crippen LogP contribution in [0.2, 0.25) is 0 Å². The third-order valence-corrected chi connectivity index (χ3v) is 3.90. The molecular formula is C15H13N. The van der Waals surface area contributed by atoms with Crippen LogP contribution in [0.1, 0.15) is 28.7 Å². The van der Waals surface area contributed by atoms with Crippen LogP contribution >= 0.6 is 0 Å². The van der Waals surface area contributed by atoms with Crippen LogP contribution in [-0.4, -0.2) is 0 Å². The van der Waals surface area contributed by atoms with Crippen LogP contribution in [0.25, 0.3) is 0 Å². The molecule has 1 N–H and O–H groups in total. The maximum Gasteiger partial charge on any atom is 0.0589 e. The molecule has 0 spiro atoms. The second-order valence-corrected chi connectivity index (χ2v) is 4.72. The second-order valence-electron chi connectivity index (χ2n) is 4.72. The van der Waals surface area contributed by atoms with Gasteiger partial charge in [-0.15, -0.1) is 0 Å². The standard InChI is InChI=1S/C15H13N/c1-2-6-11-10(5-1)9-13-12-7-3-4-8-14(12)16-15(11)13/h1-8,13,15-16H,9H2/t13-,15-/m1/s1. The summed E-state index contributed by atoms with van der Waals surface area (Å²) < 4.78 is 0. The van der Waals surface area contributed by atoms with Crippen LogP contribution in [-0.2, 0) is 6.42 Å². The van der Waals surface area contributed by atoms with Crippen LogP contribution < -0.4 is 5.32 Å². The van der Waals surface area contributed by atoms with E-state index >= 15 is 0 Å². The monoisotopic (exact) mass is 207 g/mol. The molecule has 1 nitrogen and oxygen atoms in total. The summed E-state index contributed by atoms with van der Waals surface area (Å²) in [5, 5.41) is 3.65. The van der Waals surface area contributed by atoms with Gasteiger partial charge in [0.25, 0.3) is 0 Å². The van der Waals surface area contributed by atoms with Crippen molar-refractivity contribution in [2.45, 2.75) is 18.4 Å². The molecule has 2 aromatic rings. The minimum Gasteiger partial charge on any atom is -0.377 e. The number of nitrogens with one attached hydrogen (secondary N) is 1. The van der Waals surface area contributed by atoms with Crippen molar-refractivity contribution in [2.75, 3.05) is 5.32 Å². The highest BCUT2D eigenvalue weighted by atomic mass is 15.0. The lowest BCUT2D eigenvalue weighted by Gasteiger charge is -2.11. The third kappa shape index (κ3) is 0.955. The lowest BCUT2D eigenvalue weighted by atomic mass is 9.96. The number of benzene rings is 2. The third-order valence-electron chi connectivity index (χ3n) is 3.90. The zero-order chi connectivity index (χ0) is 10.5. The Morgan fingerprint density at radius 2 is 1.62 bits per heavy atom. The van der Waals surface area contributed by atoms with Gasteiger partial charge in [0.2, 0.25) is 0 Å². The summed E-state index contributed by atoms with van der Waals surface area (Å²) in [4.78, 5) is 0. The molecule has 1 heteroatoms. The zero-order valence-electron chi connectivity index (χ0n) is 8.98. The lowest BCUT2D eigenvalue weighted by Crippen LogP contribution is -2.05. The molecule has 1 aliphatic heterocycles. The smallest absolute Gasteiger partial charge is 0.0589 e. The van der Waals surface area contributed by atoms with Crippen molar-refractivity contribution in [3.05, 3.63) is 65.2 Å². The van der Waals surface area contributed by atoms with Gasteiger partial charge < -0.3 is 5.32 Å². The molecule has 4 rings (SSSR count). The summed E-state index contributed by atoms with van der Waals surface area (Å²) in [7, 11) is 0. The van der Waals surface area contributed by atoms with E-state index < -0.39 is 0 Å². The quantitative estimate of drug-likeness (QED) is 0.697. The first-order valence-electron chi connectivity index (χ1n) is 5.87. The summed E-state index contributed by atoms with van der Waals surface area (Å²) in [6.45, 7) is 0. The van der Waals surface area contributed by atoms with Crippen LogP contribution in [0.3, 0.4) is 0 Å². The number of hydrogen-bond donors (Lipinski definition) is 1. The first kappa shape index (κ1) is 8.40. The van der Waals surface area contributed by atoms with Crippen molar-refractivity contribution in [3.8, 4) is 0 Å². The first-order chi connectivity index (χ1) is 7.93. The molecule has 2 aliphatic rings. The summed E-state index contributed by atoms with van der Waals surface area (Å²) in [5.41, 5.74) is 5.82. The second kappa shape index (κ2) is 2.88. The van der Waals surface area contributed by atoms with Crippen molar-refractivity contribution in [2.24, 2.45) is 0 Å². The first-order valence-corrected chi connectivity index (χ1v) is 5.87. The van der Waals surface area contributed by atoms with Crippen molar-refractivity contribution in [1.29, 1.82) is 0 Å². The fourth-order valence-corrected chi connectivity index (χ4v) is 3.18. The van der Waals surface area contributed by atoms with E-state index in [1.807, 2.05) is 0 Å². The van der Waals surface area contributed by atoms with E-state index in [0.717, 1.165) is 0 Å². The molecule has 1 heterocycles. The predicted molar refractivity (Wildman–Crippen MR) is 65.7 cm³/mol. The lowest BCUT2D eigenvalue weighted by molar-refractivity contribution is 0.677. The molecule has 1 aliphatic carbocycles. The number of para-hydroxylation sites is 1. The van der Waals surface area contributed by atoms with Gasteiger partial charge in [-0.25, -0.2) is 0 Å². The molecule has 2 atom stereocenters. The normalized spacial score (nSPS) is 24.5. The Balaban J connectivity index is 1.86. The Morgan fingerprint density at radius 3 is 2.56 bits per heavy atom. The van der Waals surface area contributed by atoms with Gasteiger partial charge in [-0.1, -0.05) is 42.5 Å². The predicted octanol–water partition coefficient (Wildman–Crippen LogP) is 3.49. The Morgan fingerprint density at radius 1 is 0.875 bits per heavy atom. The van der Waals surface area contributed by atoms with Crippen molar-refractivity contribution >= 4 is 5.69 Å². The van der Waals surface area contributed by atoms with E-state index in [2.05, 4.69) is 53.8 Å². The average Bonchev–Trinajstić information content (AvgIpc) is 2.85. The fraction of sp³-hybridized carbons (Fsp3) is 0.200. The van der Waals surface area contributed by atoms with Gasteiger partial charge in [-0.05, 0) is 29.2 Å². The Hall–Kier alpha value is -1.76. The Labute approximate surface area is 95.1 Å². The summed E-state index contributed by atoms with van der Waals surface area (Å²) in [6.07, 6.45) is 1.19. The topological polar surface area (TPSA) is 12.0 Å². The molecule has 78 valence electrons. The van der Waals surface area contributed by atoms with E-state index in [1.54, 1.807) is 0 Å². The highest BCUT2D eigenvalue weighted by molar-refractivity contribution is 5.63. The summed E-state index contributed by atoms with van der Waals surface area (Å²) >= 11 is 0. The maximum absolute atomic E-state index is 3.65. The van der Waals surface area contributed by atoms with E-state index in [-0.39, 0.29) is 0 Å². The molecule has 16 heavy (non-hydrogen) atoms. The molecule has 0 aromatic heterocycles. The zero-order valence-corrected chi connectivity index (χ0v) is 8.98. The number of rotatable bonds is 0. The van der Waals surface area contributed by atoms with Crippen molar-refractivity contribution in [1.82, 2.24) is 0 Å². The van der Waals surface area contributed by atoms with Crippen molar-refractivity contribution in [3.63, 3.8) is 0 Å². The van der Waals surface area contributed by atoms with Crippen LogP contribution in [0.15, 0.2) is 48.5 Å². The summed E-state index contributed by atoms with van der Waals surface area (Å²) in [5.74, 6) is 0.647. The van der Waals surface area contributed by atoms with Gasteiger partial charge in [0, 0.05) is 11.6 Å². The van der Waals surface area contributed by atoms with E-state index in [9.17, 15) is 0 Å². The molecule has 0 radical (unpaired) electrons. The van der Waals surface area contributed by atoms with Crippen molar-refractivity contribution < 1.29 is 0 Å².